The third kappa shape index (κ3) is 2.54. The summed E-state index contributed by atoms with van der Waals surface area (Å²) in [5, 5.41) is 3.45. The highest BCUT2D eigenvalue weighted by Crippen LogP contribution is 2.28. The zero-order valence-electron chi connectivity index (χ0n) is 9.93. The molecule has 0 aliphatic rings. The first-order valence-corrected chi connectivity index (χ1v) is 5.44. The van der Waals surface area contributed by atoms with Crippen LogP contribution in [-0.4, -0.2) is 26.0 Å². The molecule has 0 aliphatic heterocycles. The van der Waals surface area contributed by atoms with E-state index in [-0.39, 0.29) is 11.8 Å². The van der Waals surface area contributed by atoms with Crippen molar-refractivity contribution in [2.75, 3.05) is 14.2 Å². The molecule has 0 bridgehead atoms. The molecule has 0 spiro atoms. The van der Waals surface area contributed by atoms with Gasteiger partial charge >= 0.3 is 0 Å². The van der Waals surface area contributed by atoms with Gasteiger partial charge in [-0.1, -0.05) is 11.6 Å². The Morgan fingerprint density at radius 2 is 2.12 bits per heavy atom. The number of Topliss-reactive ketones (excluding diaryl/α,β-unsaturated/α-hetero) is 1. The number of benzene rings is 1. The summed E-state index contributed by atoms with van der Waals surface area (Å²) < 4.78 is 5.24. The van der Waals surface area contributed by atoms with Crippen LogP contribution in [0, 0.1) is 6.92 Å². The summed E-state index contributed by atoms with van der Waals surface area (Å²) in [6, 6.07) is 3.16. The molecule has 3 nitrogen and oxygen atoms in total. The number of ketones is 1. The van der Waals surface area contributed by atoms with Gasteiger partial charge in [0.15, 0.2) is 5.78 Å². The summed E-state index contributed by atoms with van der Waals surface area (Å²) in [5.74, 6) is 0.571. The summed E-state index contributed by atoms with van der Waals surface area (Å²) in [4.78, 5) is 12.1. The Morgan fingerprint density at radius 3 is 2.62 bits per heavy atom. The van der Waals surface area contributed by atoms with Crippen LogP contribution in [0.2, 0.25) is 5.02 Å². The van der Waals surface area contributed by atoms with E-state index in [1.165, 1.54) is 0 Å². The number of halogens is 1. The number of carbonyl (C=O) groups excluding carboxylic acids is 1. The van der Waals surface area contributed by atoms with E-state index < -0.39 is 0 Å². The molecule has 0 heterocycles. The van der Waals surface area contributed by atoms with Crippen LogP contribution in [0.15, 0.2) is 12.1 Å². The molecule has 16 heavy (non-hydrogen) atoms. The van der Waals surface area contributed by atoms with Crippen molar-refractivity contribution in [3.63, 3.8) is 0 Å². The number of aryl methyl sites for hydroxylation is 1. The lowest BCUT2D eigenvalue weighted by atomic mass is 10.0. The van der Waals surface area contributed by atoms with Crippen LogP contribution in [0.3, 0.4) is 0 Å². The molecule has 1 unspecified atom stereocenters. The fraction of sp³-hybridized carbons (Fsp3) is 0.417. The Kier molecular flexibility index (Phi) is 4.33. The summed E-state index contributed by atoms with van der Waals surface area (Å²) >= 11 is 5.94. The molecule has 1 atom stereocenters. The summed E-state index contributed by atoms with van der Waals surface area (Å²) in [5.41, 5.74) is 1.39. The second kappa shape index (κ2) is 5.32. The second-order valence-electron chi connectivity index (χ2n) is 3.68. The standard InChI is InChI=1S/C12H16ClNO2/c1-7-5-9(13)6-10(12(7)16-4)11(15)8(2)14-3/h5-6,8,14H,1-4H3. The van der Waals surface area contributed by atoms with Crippen molar-refractivity contribution in [1.82, 2.24) is 5.32 Å². The van der Waals surface area contributed by atoms with Crippen molar-refractivity contribution >= 4 is 17.4 Å². The molecule has 1 N–H and O–H groups in total. The highest BCUT2D eigenvalue weighted by atomic mass is 35.5. The second-order valence-corrected chi connectivity index (χ2v) is 4.11. The monoisotopic (exact) mass is 241 g/mol. The van der Waals surface area contributed by atoms with E-state index in [4.69, 9.17) is 16.3 Å². The number of methoxy groups -OCH3 is 1. The molecule has 0 saturated carbocycles. The lowest BCUT2D eigenvalue weighted by molar-refractivity contribution is 0.0952. The topological polar surface area (TPSA) is 38.3 Å². The molecule has 4 heteroatoms. The number of hydrogen-bond donors (Lipinski definition) is 1. The Bertz CT molecular complexity index is 404. The zero-order chi connectivity index (χ0) is 12.3. The van der Waals surface area contributed by atoms with Gasteiger partial charge in [0.2, 0.25) is 0 Å². The zero-order valence-corrected chi connectivity index (χ0v) is 10.7. The van der Waals surface area contributed by atoms with Crippen molar-refractivity contribution in [3.05, 3.63) is 28.3 Å². The molecule has 0 fully saturated rings. The van der Waals surface area contributed by atoms with Crippen LogP contribution >= 0.6 is 11.6 Å². The van der Waals surface area contributed by atoms with Gasteiger partial charge in [-0.3, -0.25) is 4.79 Å². The maximum absolute atomic E-state index is 12.1. The molecule has 1 aromatic carbocycles. The van der Waals surface area contributed by atoms with Gasteiger partial charge in [-0.15, -0.1) is 0 Å². The van der Waals surface area contributed by atoms with Crippen molar-refractivity contribution in [3.8, 4) is 5.75 Å². The maximum atomic E-state index is 12.1. The number of ether oxygens (including phenoxy) is 1. The largest absolute Gasteiger partial charge is 0.496 e. The average molecular weight is 242 g/mol. The third-order valence-corrected chi connectivity index (χ3v) is 2.75. The molecular formula is C12H16ClNO2. The van der Waals surface area contributed by atoms with Crippen molar-refractivity contribution in [2.45, 2.75) is 19.9 Å². The van der Waals surface area contributed by atoms with Gasteiger partial charge in [0.05, 0.1) is 18.7 Å². The molecule has 1 aromatic rings. The smallest absolute Gasteiger partial charge is 0.183 e. The fourth-order valence-corrected chi connectivity index (χ4v) is 1.82. The van der Waals surface area contributed by atoms with Crippen molar-refractivity contribution in [2.24, 2.45) is 0 Å². The van der Waals surface area contributed by atoms with Crippen LogP contribution in [0.4, 0.5) is 0 Å². The minimum atomic E-state index is -0.258. The number of likely N-dealkylation sites (N-methyl/N-ethyl adjacent to an activating group) is 1. The Balaban J connectivity index is 3.26. The molecule has 88 valence electrons. The van der Waals surface area contributed by atoms with Gasteiger partial charge in [0.25, 0.3) is 0 Å². The van der Waals surface area contributed by atoms with Crippen LogP contribution in [0.1, 0.15) is 22.8 Å². The Morgan fingerprint density at radius 1 is 1.50 bits per heavy atom. The quantitative estimate of drug-likeness (QED) is 0.823. The lowest BCUT2D eigenvalue weighted by Gasteiger charge is -2.14. The van der Waals surface area contributed by atoms with E-state index in [9.17, 15) is 4.79 Å². The Labute approximate surface area is 101 Å². The molecule has 0 saturated heterocycles. The van der Waals surface area contributed by atoms with Gasteiger partial charge in [-0.05, 0) is 38.6 Å². The first kappa shape index (κ1) is 13.0. The number of hydrogen-bond acceptors (Lipinski definition) is 3. The summed E-state index contributed by atoms with van der Waals surface area (Å²) in [7, 11) is 3.30. The van der Waals surface area contributed by atoms with Gasteiger partial charge in [0, 0.05) is 5.02 Å². The van der Waals surface area contributed by atoms with E-state index in [2.05, 4.69) is 5.32 Å². The first-order valence-electron chi connectivity index (χ1n) is 5.06. The number of rotatable bonds is 4. The van der Waals surface area contributed by atoms with Gasteiger partial charge in [-0.2, -0.15) is 0 Å². The number of nitrogens with one attached hydrogen (secondary N) is 1. The molecule has 0 amide bonds. The summed E-state index contributed by atoms with van der Waals surface area (Å²) in [6.07, 6.45) is 0. The lowest BCUT2D eigenvalue weighted by Crippen LogP contribution is -2.31. The predicted octanol–water partition coefficient (Wildman–Crippen LogP) is 2.45. The molecule has 0 aliphatic carbocycles. The van der Waals surface area contributed by atoms with Crippen LogP contribution in [0.25, 0.3) is 0 Å². The van der Waals surface area contributed by atoms with E-state index in [0.717, 1.165) is 5.56 Å². The van der Waals surface area contributed by atoms with Gasteiger partial charge in [0.1, 0.15) is 5.75 Å². The number of carbonyl (C=O) groups is 1. The Hall–Kier alpha value is -1.06. The van der Waals surface area contributed by atoms with E-state index in [1.54, 1.807) is 33.2 Å². The minimum absolute atomic E-state index is 0.0232. The molecular weight excluding hydrogens is 226 g/mol. The minimum Gasteiger partial charge on any atom is -0.496 e. The molecule has 1 rings (SSSR count). The van der Waals surface area contributed by atoms with E-state index in [1.807, 2.05) is 6.92 Å². The highest BCUT2D eigenvalue weighted by Gasteiger charge is 2.19. The van der Waals surface area contributed by atoms with Crippen LogP contribution in [-0.2, 0) is 0 Å². The molecule has 0 aromatic heterocycles. The first-order chi connectivity index (χ1) is 7.51. The predicted molar refractivity (Wildman–Crippen MR) is 65.6 cm³/mol. The third-order valence-electron chi connectivity index (χ3n) is 2.54. The SMILES string of the molecule is CNC(C)C(=O)c1cc(Cl)cc(C)c1OC. The van der Waals surface area contributed by atoms with Crippen LogP contribution in [0.5, 0.6) is 5.75 Å². The van der Waals surface area contributed by atoms with Gasteiger partial charge < -0.3 is 10.1 Å². The molecule has 0 radical (unpaired) electrons. The van der Waals surface area contributed by atoms with Crippen molar-refractivity contribution < 1.29 is 9.53 Å². The van der Waals surface area contributed by atoms with E-state index >= 15 is 0 Å². The average Bonchev–Trinajstić information content (AvgIpc) is 2.26. The van der Waals surface area contributed by atoms with Gasteiger partial charge in [-0.25, -0.2) is 0 Å². The highest BCUT2D eigenvalue weighted by molar-refractivity contribution is 6.31. The normalized spacial score (nSPS) is 12.3. The van der Waals surface area contributed by atoms with Crippen molar-refractivity contribution in [1.29, 1.82) is 0 Å². The van der Waals surface area contributed by atoms with Crippen LogP contribution < -0.4 is 10.1 Å². The van der Waals surface area contributed by atoms with E-state index in [0.29, 0.717) is 16.3 Å². The fourth-order valence-electron chi connectivity index (χ4n) is 1.55. The summed E-state index contributed by atoms with van der Waals surface area (Å²) in [6.45, 7) is 3.67. The maximum Gasteiger partial charge on any atom is 0.183 e.